The maximum Gasteiger partial charge on any atom is 0.349 e. The van der Waals surface area contributed by atoms with Crippen molar-refractivity contribution >= 4 is 22.8 Å². The zero-order chi connectivity index (χ0) is 19.4. The lowest BCUT2D eigenvalue weighted by Gasteiger charge is -2.26. The van der Waals surface area contributed by atoms with Gasteiger partial charge in [-0.2, -0.15) is 0 Å². The molecule has 7 heteroatoms. The highest BCUT2D eigenvalue weighted by molar-refractivity contribution is 5.96. The molecule has 1 fully saturated rings. The first-order valence-corrected chi connectivity index (χ1v) is 9.21. The molecule has 27 heavy (non-hydrogen) atoms. The summed E-state index contributed by atoms with van der Waals surface area (Å²) < 4.78 is 5.21. The van der Waals surface area contributed by atoms with Crippen molar-refractivity contribution in [1.82, 2.24) is 15.1 Å². The summed E-state index contributed by atoms with van der Waals surface area (Å²) in [4.78, 5) is 40.4. The van der Waals surface area contributed by atoms with E-state index in [1.54, 1.807) is 24.3 Å². The maximum atomic E-state index is 12.4. The van der Waals surface area contributed by atoms with Crippen molar-refractivity contribution in [3.05, 3.63) is 46.3 Å². The van der Waals surface area contributed by atoms with Crippen LogP contribution < -0.4 is 10.9 Å². The normalized spacial score (nSPS) is 17.1. The summed E-state index contributed by atoms with van der Waals surface area (Å²) in [5.41, 5.74) is -0.185. The second kappa shape index (κ2) is 8.35. The number of nitrogens with one attached hydrogen (secondary N) is 1. The molecule has 1 aliphatic rings. The summed E-state index contributed by atoms with van der Waals surface area (Å²) in [6.45, 7) is 1.91. The minimum absolute atomic E-state index is 0.000613. The first kappa shape index (κ1) is 19.1. The Morgan fingerprint density at radius 1 is 1.30 bits per heavy atom. The molecular weight excluding hydrogens is 346 g/mol. The molecule has 1 atom stereocenters. The summed E-state index contributed by atoms with van der Waals surface area (Å²) >= 11 is 0. The molecule has 2 heterocycles. The van der Waals surface area contributed by atoms with Gasteiger partial charge < -0.3 is 19.5 Å². The molecule has 0 spiro atoms. The Labute approximate surface area is 157 Å². The quantitative estimate of drug-likeness (QED) is 0.745. The number of nitrogens with zero attached hydrogens (tertiary/aromatic N) is 2. The number of likely N-dealkylation sites (tertiary alicyclic amines) is 1. The Morgan fingerprint density at radius 2 is 2.07 bits per heavy atom. The molecule has 0 bridgehead atoms. The fraction of sp³-hybridized carbons (Fsp3) is 0.450. The molecule has 3 rings (SSSR count). The monoisotopic (exact) mass is 371 g/mol. The van der Waals surface area contributed by atoms with E-state index in [0.29, 0.717) is 36.9 Å². The van der Waals surface area contributed by atoms with Crippen molar-refractivity contribution < 1.29 is 14.0 Å². The van der Waals surface area contributed by atoms with E-state index in [1.807, 2.05) is 30.0 Å². The first-order valence-electron chi connectivity index (χ1n) is 9.21. The van der Waals surface area contributed by atoms with Gasteiger partial charge in [-0.15, -0.1) is 0 Å². The predicted molar refractivity (Wildman–Crippen MR) is 103 cm³/mol. The van der Waals surface area contributed by atoms with Gasteiger partial charge in [0.05, 0.1) is 0 Å². The highest BCUT2D eigenvalue weighted by atomic mass is 16.4. The van der Waals surface area contributed by atoms with Gasteiger partial charge in [0, 0.05) is 37.5 Å². The molecule has 2 amide bonds. The minimum atomic E-state index is -0.644. The van der Waals surface area contributed by atoms with Gasteiger partial charge in [-0.05, 0) is 39.1 Å². The van der Waals surface area contributed by atoms with Gasteiger partial charge >= 0.3 is 5.63 Å². The lowest BCUT2D eigenvalue weighted by Crippen LogP contribution is -2.40. The Hall–Kier alpha value is -2.67. The van der Waals surface area contributed by atoms with E-state index in [0.717, 1.165) is 13.0 Å². The molecule has 0 radical (unpaired) electrons. The number of likely N-dealkylation sites (N-methyl/N-ethyl adjacent to an activating group) is 1. The van der Waals surface area contributed by atoms with E-state index in [-0.39, 0.29) is 17.5 Å². The number of rotatable bonds is 7. The zero-order valence-electron chi connectivity index (χ0n) is 15.7. The Bertz CT molecular complexity index is 890. The summed E-state index contributed by atoms with van der Waals surface area (Å²) in [5, 5.41) is 3.49. The highest BCUT2D eigenvalue weighted by Gasteiger charge is 2.30. The number of hydrogen-bond acceptors (Lipinski definition) is 5. The van der Waals surface area contributed by atoms with Crippen molar-refractivity contribution in [2.24, 2.45) is 0 Å². The van der Waals surface area contributed by atoms with E-state index in [2.05, 4.69) is 5.32 Å². The molecule has 1 aromatic heterocycles. The van der Waals surface area contributed by atoms with E-state index in [4.69, 9.17) is 4.42 Å². The average molecular weight is 371 g/mol. The number of carbonyl (C=O) groups excluding carboxylic acids is 2. The molecule has 7 nitrogen and oxygen atoms in total. The zero-order valence-corrected chi connectivity index (χ0v) is 15.7. The molecule has 1 N–H and O–H groups in total. The smallest absolute Gasteiger partial charge is 0.349 e. The molecular formula is C20H25N3O4. The topological polar surface area (TPSA) is 82.9 Å². The number of amides is 2. The molecule has 144 valence electrons. The van der Waals surface area contributed by atoms with Crippen molar-refractivity contribution in [2.75, 3.05) is 33.7 Å². The van der Waals surface area contributed by atoms with Crippen LogP contribution in [-0.4, -0.2) is 61.4 Å². The predicted octanol–water partition coefficient (Wildman–Crippen LogP) is 1.47. The van der Waals surface area contributed by atoms with Crippen LogP contribution in [0.1, 0.15) is 29.6 Å². The van der Waals surface area contributed by atoms with Crippen LogP contribution in [0.15, 0.2) is 39.5 Å². The van der Waals surface area contributed by atoms with Crippen molar-refractivity contribution in [3.8, 4) is 0 Å². The Balaban J connectivity index is 1.58. The van der Waals surface area contributed by atoms with Crippen LogP contribution >= 0.6 is 0 Å². The second-order valence-corrected chi connectivity index (χ2v) is 7.11. The number of benzene rings is 1. The number of hydrogen-bond donors (Lipinski definition) is 1. The van der Waals surface area contributed by atoms with Gasteiger partial charge in [0.15, 0.2) is 0 Å². The SMILES string of the molecule is CN(C)CCN1C(=O)CCC1CCNC(=O)c1cc2ccccc2oc1=O. The summed E-state index contributed by atoms with van der Waals surface area (Å²) in [7, 11) is 3.95. The van der Waals surface area contributed by atoms with E-state index in [9.17, 15) is 14.4 Å². The third kappa shape index (κ3) is 4.54. The van der Waals surface area contributed by atoms with Gasteiger partial charge in [0.1, 0.15) is 11.1 Å². The van der Waals surface area contributed by atoms with Crippen molar-refractivity contribution in [3.63, 3.8) is 0 Å². The van der Waals surface area contributed by atoms with Crippen molar-refractivity contribution in [2.45, 2.75) is 25.3 Å². The Kier molecular flexibility index (Phi) is 5.91. The highest BCUT2D eigenvalue weighted by Crippen LogP contribution is 2.20. The van der Waals surface area contributed by atoms with Crippen LogP contribution in [0.5, 0.6) is 0 Å². The molecule has 0 aliphatic carbocycles. The van der Waals surface area contributed by atoms with Crippen LogP contribution in [0.2, 0.25) is 0 Å². The van der Waals surface area contributed by atoms with Gasteiger partial charge in [-0.1, -0.05) is 18.2 Å². The molecule has 1 unspecified atom stereocenters. The van der Waals surface area contributed by atoms with E-state index < -0.39 is 11.5 Å². The van der Waals surface area contributed by atoms with Crippen LogP contribution in [0.4, 0.5) is 0 Å². The Morgan fingerprint density at radius 3 is 2.85 bits per heavy atom. The molecule has 1 aromatic carbocycles. The first-order chi connectivity index (χ1) is 13.0. The molecule has 0 saturated carbocycles. The number of para-hydroxylation sites is 1. The summed E-state index contributed by atoms with van der Waals surface area (Å²) in [6, 6.07) is 8.77. The molecule has 1 aliphatic heterocycles. The molecule has 2 aromatic rings. The van der Waals surface area contributed by atoms with E-state index >= 15 is 0 Å². The average Bonchev–Trinajstić information content (AvgIpc) is 2.99. The summed E-state index contributed by atoms with van der Waals surface area (Å²) in [6.07, 6.45) is 2.03. The van der Waals surface area contributed by atoms with Crippen molar-refractivity contribution in [1.29, 1.82) is 0 Å². The maximum absolute atomic E-state index is 12.4. The summed E-state index contributed by atoms with van der Waals surface area (Å²) in [5.74, 6) is -0.276. The minimum Gasteiger partial charge on any atom is -0.422 e. The fourth-order valence-corrected chi connectivity index (χ4v) is 3.38. The largest absolute Gasteiger partial charge is 0.422 e. The van der Waals surface area contributed by atoms with Crippen LogP contribution in [0.3, 0.4) is 0 Å². The van der Waals surface area contributed by atoms with Crippen LogP contribution in [0.25, 0.3) is 11.0 Å². The fourth-order valence-electron chi connectivity index (χ4n) is 3.38. The van der Waals surface area contributed by atoms with Crippen LogP contribution in [-0.2, 0) is 4.79 Å². The number of fused-ring (bicyclic) bond motifs is 1. The van der Waals surface area contributed by atoms with Gasteiger partial charge in [0.25, 0.3) is 5.91 Å². The second-order valence-electron chi connectivity index (χ2n) is 7.11. The lowest BCUT2D eigenvalue weighted by atomic mass is 10.1. The van der Waals surface area contributed by atoms with Crippen LogP contribution in [0, 0.1) is 0 Å². The third-order valence-electron chi connectivity index (χ3n) is 4.89. The standard InChI is InChI=1S/C20H25N3O4/c1-22(2)11-12-23-15(7-8-18(23)24)9-10-21-19(25)16-13-14-5-3-4-6-17(14)27-20(16)26/h3-6,13,15H,7-12H2,1-2H3,(H,21,25). The van der Waals surface area contributed by atoms with E-state index in [1.165, 1.54) is 0 Å². The molecule has 1 saturated heterocycles. The van der Waals surface area contributed by atoms with Gasteiger partial charge in [-0.3, -0.25) is 9.59 Å². The lowest BCUT2D eigenvalue weighted by molar-refractivity contribution is -0.129. The van der Waals surface area contributed by atoms with Gasteiger partial charge in [0.2, 0.25) is 5.91 Å². The number of carbonyl (C=O) groups is 2. The van der Waals surface area contributed by atoms with Gasteiger partial charge in [-0.25, -0.2) is 4.79 Å². The third-order valence-corrected chi connectivity index (χ3v) is 4.89.